The standard InChI is InChI=1S/C14H15ClN2OS/c1-3-17(4-2)14(18)12-9-19-13(16-12)10-5-7-11(15)8-6-10/h5-9H,3-4H2,1-2H3. The molecule has 0 fully saturated rings. The smallest absolute Gasteiger partial charge is 0.273 e. The molecule has 1 aromatic heterocycles. The molecule has 0 unspecified atom stereocenters. The van der Waals surface area contributed by atoms with Crippen molar-refractivity contribution in [2.75, 3.05) is 13.1 Å². The Labute approximate surface area is 121 Å². The van der Waals surface area contributed by atoms with E-state index in [1.54, 1.807) is 4.90 Å². The first-order chi connectivity index (χ1) is 9.15. The Kier molecular flexibility index (Phi) is 4.56. The fraction of sp³-hybridized carbons (Fsp3) is 0.286. The molecule has 1 heterocycles. The number of rotatable bonds is 4. The van der Waals surface area contributed by atoms with Gasteiger partial charge in [0.1, 0.15) is 10.7 Å². The lowest BCUT2D eigenvalue weighted by molar-refractivity contribution is 0.0768. The Balaban J connectivity index is 2.23. The van der Waals surface area contributed by atoms with Gasteiger partial charge in [0.2, 0.25) is 0 Å². The second kappa shape index (κ2) is 6.17. The lowest BCUT2D eigenvalue weighted by atomic mass is 10.2. The molecule has 0 aliphatic rings. The third kappa shape index (κ3) is 3.14. The lowest BCUT2D eigenvalue weighted by Crippen LogP contribution is -2.30. The highest BCUT2D eigenvalue weighted by molar-refractivity contribution is 7.13. The van der Waals surface area contributed by atoms with Crippen LogP contribution in [0.2, 0.25) is 5.02 Å². The topological polar surface area (TPSA) is 33.2 Å². The molecule has 0 bridgehead atoms. The molecule has 1 aromatic carbocycles. The van der Waals surface area contributed by atoms with E-state index in [4.69, 9.17) is 11.6 Å². The highest BCUT2D eigenvalue weighted by Crippen LogP contribution is 2.25. The van der Waals surface area contributed by atoms with Gasteiger partial charge >= 0.3 is 0 Å². The number of carbonyl (C=O) groups is 1. The van der Waals surface area contributed by atoms with Crippen LogP contribution in [0, 0.1) is 0 Å². The van der Waals surface area contributed by atoms with Gasteiger partial charge in [-0.25, -0.2) is 4.98 Å². The van der Waals surface area contributed by atoms with Crippen LogP contribution in [0.1, 0.15) is 24.3 Å². The van der Waals surface area contributed by atoms with Crippen molar-refractivity contribution in [2.45, 2.75) is 13.8 Å². The Bertz CT molecular complexity index is 561. The maximum Gasteiger partial charge on any atom is 0.273 e. The number of benzene rings is 1. The van der Waals surface area contributed by atoms with E-state index >= 15 is 0 Å². The van der Waals surface area contributed by atoms with Crippen molar-refractivity contribution in [2.24, 2.45) is 0 Å². The molecule has 0 atom stereocenters. The highest BCUT2D eigenvalue weighted by atomic mass is 35.5. The summed E-state index contributed by atoms with van der Waals surface area (Å²) < 4.78 is 0. The summed E-state index contributed by atoms with van der Waals surface area (Å²) >= 11 is 7.33. The predicted molar refractivity (Wildman–Crippen MR) is 79.8 cm³/mol. The van der Waals surface area contributed by atoms with Gasteiger partial charge < -0.3 is 4.90 Å². The molecule has 100 valence electrons. The van der Waals surface area contributed by atoms with Gasteiger partial charge in [-0.3, -0.25) is 4.79 Å². The molecule has 3 nitrogen and oxygen atoms in total. The highest BCUT2D eigenvalue weighted by Gasteiger charge is 2.16. The third-order valence-electron chi connectivity index (χ3n) is 2.87. The van der Waals surface area contributed by atoms with Crippen LogP contribution in [0.4, 0.5) is 0 Å². The van der Waals surface area contributed by atoms with Gasteiger partial charge in [-0.2, -0.15) is 0 Å². The molecule has 5 heteroatoms. The second-order valence-corrected chi connectivity index (χ2v) is 5.32. The molecule has 2 rings (SSSR count). The van der Waals surface area contributed by atoms with Crippen LogP contribution in [-0.4, -0.2) is 28.9 Å². The van der Waals surface area contributed by atoms with Crippen LogP contribution in [-0.2, 0) is 0 Å². The molecule has 0 radical (unpaired) electrons. The minimum absolute atomic E-state index is 0.0125. The third-order valence-corrected chi connectivity index (χ3v) is 4.01. The minimum Gasteiger partial charge on any atom is -0.338 e. The second-order valence-electron chi connectivity index (χ2n) is 4.02. The first-order valence-electron chi connectivity index (χ1n) is 6.16. The Morgan fingerprint density at radius 3 is 2.47 bits per heavy atom. The van der Waals surface area contributed by atoms with E-state index in [9.17, 15) is 4.79 Å². The van der Waals surface area contributed by atoms with Crippen LogP contribution in [0.25, 0.3) is 10.6 Å². The molecule has 0 saturated carbocycles. The van der Waals surface area contributed by atoms with Crippen molar-refractivity contribution < 1.29 is 4.79 Å². The first kappa shape index (κ1) is 14.0. The van der Waals surface area contributed by atoms with Gasteiger partial charge in [0, 0.05) is 29.1 Å². The van der Waals surface area contributed by atoms with E-state index in [1.807, 2.05) is 43.5 Å². The van der Waals surface area contributed by atoms with Gasteiger partial charge in [-0.05, 0) is 26.0 Å². The monoisotopic (exact) mass is 294 g/mol. The summed E-state index contributed by atoms with van der Waals surface area (Å²) in [6.07, 6.45) is 0. The molecule has 0 N–H and O–H groups in total. The summed E-state index contributed by atoms with van der Waals surface area (Å²) in [5.41, 5.74) is 1.49. The van der Waals surface area contributed by atoms with Gasteiger partial charge in [0.05, 0.1) is 0 Å². The SMILES string of the molecule is CCN(CC)C(=O)c1csc(-c2ccc(Cl)cc2)n1. The predicted octanol–water partition coefficient (Wildman–Crippen LogP) is 3.95. The molecule has 0 aliphatic carbocycles. The Hall–Kier alpha value is -1.39. The summed E-state index contributed by atoms with van der Waals surface area (Å²) in [7, 11) is 0. The Morgan fingerprint density at radius 2 is 1.89 bits per heavy atom. The van der Waals surface area contributed by atoms with Crippen molar-refractivity contribution in [3.63, 3.8) is 0 Å². The van der Waals surface area contributed by atoms with E-state index in [-0.39, 0.29) is 5.91 Å². The number of nitrogens with zero attached hydrogens (tertiary/aromatic N) is 2. The number of amides is 1. The summed E-state index contributed by atoms with van der Waals surface area (Å²) in [6.45, 7) is 5.33. The zero-order valence-electron chi connectivity index (χ0n) is 10.9. The fourth-order valence-corrected chi connectivity index (χ4v) is 2.70. The van der Waals surface area contributed by atoms with Crippen molar-refractivity contribution in [1.29, 1.82) is 0 Å². The zero-order chi connectivity index (χ0) is 13.8. The van der Waals surface area contributed by atoms with Crippen LogP contribution in [0.5, 0.6) is 0 Å². The molecule has 1 amide bonds. The maximum absolute atomic E-state index is 12.2. The number of hydrogen-bond acceptors (Lipinski definition) is 3. The normalized spacial score (nSPS) is 10.5. The summed E-state index contributed by atoms with van der Waals surface area (Å²) in [5, 5.41) is 3.34. The van der Waals surface area contributed by atoms with Crippen LogP contribution in [0.3, 0.4) is 0 Å². The van der Waals surface area contributed by atoms with Crippen molar-refractivity contribution in [1.82, 2.24) is 9.88 Å². The van der Waals surface area contributed by atoms with E-state index in [0.717, 1.165) is 10.6 Å². The molecule has 0 saturated heterocycles. The van der Waals surface area contributed by atoms with Gasteiger partial charge in [0.25, 0.3) is 5.91 Å². The number of hydrogen-bond donors (Lipinski definition) is 0. The molecule has 0 spiro atoms. The first-order valence-corrected chi connectivity index (χ1v) is 7.42. The lowest BCUT2D eigenvalue weighted by Gasteiger charge is -2.16. The van der Waals surface area contributed by atoms with Crippen LogP contribution < -0.4 is 0 Å². The number of aromatic nitrogens is 1. The van der Waals surface area contributed by atoms with Gasteiger partial charge in [0.15, 0.2) is 0 Å². The molecular formula is C14H15ClN2OS. The molecule has 19 heavy (non-hydrogen) atoms. The minimum atomic E-state index is -0.0125. The van der Waals surface area contributed by atoms with Crippen molar-refractivity contribution in [3.8, 4) is 10.6 Å². The zero-order valence-corrected chi connectivity index (χ0v) is 12.5. The summed E-state index contributed by atoms with van der Waals surface area (Å²) in [5.74, 6) is -0.0125. The van der Waals surface area contributed by atoms with E-state index in [2.05, 4.69) is 4.98 Å². The van der Waals surface area contributed by atoms with Crippen LogP contribution >= 0.6 is 22.9 Å². The number of thiazole rings is 1. The average molecular weight is 295 g/mol. The van der Waals surface area contributed by atoms with Crippen molar-refractivity contribution >= 4 is 28.8 Å². The fourth-order valence-electron chi connectivity index (χ4n) is 1.77. The Morgan fingerprint density at radius 1 is 1.26 bits per heavy atom. The summed E-state index contributed by atoms with van der Waals surface area (Å²) in [4.78, 5) is 18.3. The van der Waals surface area contributed by atoms with Crippen LogP contribution in [0.15, 0.2) is 29.6 Å². The largest absolute Gasteiger partial charge is 0.338 e. The molecular weight excluding hydrogens is 280 g/mol. The van der Waals surface area contributed by atoms with E-state index in [0.29, 0.717) is 23.8 Å². The van der Waals surface area contributed by atoms with Gasteiger partial charge in [-0.15, -0.1) is 11.3 Å². The maximum atomic E-state index is 12.2. The van der Waals surface area contributed by atoms with Gasteiger partial charge in [-0.1, -0.05) is 23.7 Å². The molecule has 0 aliphatic heterocycles. The van der Waals surface area contributed by atoms with E-state index < -0.39 is 0 Å². The quantitative estimate of drug-likeness (QED) is 0.855. The summed E-state index contributed by atoms with van der Waals surface area (Å²) in [6, 6.07) is 7.47. The number of halogens is 1. The number of carbonyl (C=O) groups excluding carboxylic acids is 1. The molecule has 2 aromatic rings. The van der Waals surface area contributed by atoms with E-state index in [1.165, 1.54) is 11.3 Å². The van der Waals surface area contributed by atoms with Crippen molar-refractivity contribution in [3.05, 3.63) is 40.4 Å². The average Bonchev–Trinajstić information content (AvgIpc) is 2.90.